The van der Waals surface area contributed by atoms with E-state index in [1.807, 2.05) is 0 Å². The van der Waals surface area contributed by atoms with Gasteiger partial charge in [0.1, 0.15) is 6.29 Å². The Morgan fingerprint density at radius 2 is 2.43 bits per heavy atom. The molecule has 0 fully saturated rings. The lowest BCUT2D eigenvalue weighted by Crippen LogP contribution is -2.02. The molecule has 0 spiro atoms. The average Bonchev–Trinajstić information content (AvgIpc) is 1.68. The molecule has 2 atom stereocenters. The maximum Gasteiger partial charge on any atom is 0.120 e. The highest BCUT2D eigenvalue weighted by Gasteiger charge is 1.94. The Kier molecular flexibility index (Phi) is 4.26. The van der Waals surface area contributed by atoms with Gasteiger partial charge in [-0.05, 0) is 0 Å². The van der Waals surface area contributed by atoms with E-state index in [0.29, 0.717) is 6.42 Å². The number of aliphatic hydroxyl groups is 1. The van der Waals surface area contributed by atoms with E-state index in [0.717, 1.165) is 6.29 Å². The van der Waals surface area contributed by atoms with Crippen LogP contribution in [0.5, 0.6) is 0 Å². The predicted octanol–water partition coefficient (Wildman–Crippen LogP) is -0.189. The van der Waals surface area contributed by atoms with E-state index < -0.39 is 0 Å². The minimum Gasteiger partial charge on any atom is -0.396 e. The van der Waals surface area contributed by atoms with E-state index in [4.69, 9.17) is 5.11 Å². The Morgan fingerprint density at radius 1 is 1.86 bits per heavy atom. The zero-order chi connectivity index (χ0) is 5.70. The van der Waals surface area contributed by atoms with Gasteiger partial charge in [-0.2, -0.15) is 0 Å². The lowest BCUT2D eigenvalue weighted by molar-refractivity contribution is -0.107. The lowest BCUT2D eigenvalue weighted by Gasteiger charge is -1.97. The van der Waals surface area contributed by atoms with Gasteiger partial charge in [-0.15, -0.1) is 9.24 Å². The quantitative estimate of drug-likeness (QED) is 0.414. The first kappa shape index (κ1) is 7.06. The molecule has 2 unspecified atom stereocenters. The first-order valence-electron chi connectivity index (χ1n) is 2.11. The summed E-state index contributed by atoms with van der Waals surface area (Å²) in [6, 6.07) is 0. The van der Waals surface area contributed by atoms with Gasteiger partial charge in [-0.25, -0.2) is 0 Å². The van der Waals surface area contributed by atoms with Crippen molar-refractivity contribution in [3.05, 3.63) is 0 Å². The first-order valence-corrected chi connectivity index (χ1v) is 2.78. The average molecular weight is 120 g/mol. The molecule has 2 nitrogen and oxygen atoms in total. The fourth-order valence-corrected chi connectivity index (χ4v) is 0.309. The fraction of sp³-hybridized carbons (Fsp3) is 0.750. The number of rotatable bonds is 3. The monoisotopic (exact) mass is 120 g/mol. The SMILES string of the molecule is O=CCC(P)CO. The van der Waals surface area contributed by atoms with Gasteiger partial charge >= 0.3 is 0 Å². The largest absolute Gasteiger partial charge is 0.396 e. The van der Waals surface area contributed by atoms with Crippen LogP contribution in [0.3, 0.4) is 0 Å². The second-order valence-corrected chi connectivity index (χ2v) is 2.29. The molecule has 0 rings (SSSR count). The van der Waals surface area contributed by atoms with E-state index in [1.54, 1.807) is 0 Å². The van der Waals surface area contributed by atoms with Crippen molar-refractivity contribution in [3.8, 4) is 0 Å². The molecular formula is C4H9O2P. The third-order valence-electron chi connectivity index (χ3n) is 0.633. The molecule has 0 aromatic heterocycles. The van der Waals surface area contributed by atoms with Crippen molar-refractivity contribution in [1.29, 1.82) is 0 Å². The molecule has 0 aliphatic rings. The van der Waals surface area contributed by atoms with Crippen molar-refractivity contribution >= 4 is 15.5 Å². The van der Waals surface area contributed by atoms with Crippen molar-refractivity contribution in [1.82, 2.24) is 0 Å². The van der Waals surface area contributed by atoms with Crippen LogP contribution in [0.1, 0.15) is 6.42 Å². The van der Waals surface area contributed by atoms with Crippen LogP contribution < -0.4 is 0 Å². The molecule has 0 aromatic carbocycles. The van der Waals surface area contributed by atoms with Crippen LogP contribution >= 0.6 is 9.24 Å². The first-order chi connectivity index (χ1) is 3.31. The van der Waals surface area contributed by atoms with Crippen LogP contribution in [0, 0.1) is 0 Å². The van der Waals surface area contributed by atoms with Gasteiger partial charge in [0.15, 0.2) is 0 Å². The zero-order valence-corrected chi connectivity index (χ0v) is 5.16. The number of hydrogen-bond donors (Lipinski definition) is 1. The second-order valence-electron chi connectivity index (χ2n) is 1.35. The molecule has 3 heteroatoms. The number of hydrogen-bond acceptors (Lipinski definition) is 2. The summed E-state index contributed by atoms with van der Waals surface area (Å²) in [6.45, 7) is 0.0728. The van der Waals surface area contributed by atoms with Crippen molar-refractivity contribution in [2.24, 2.45) is 0 Å². The van der Waals surface area contributed by atoms with Gasteiger partial charge in [0.2, 0.25) is 0 Å². The van der Waals surface area contributed by atoms with Crippen LogP contribution in [-0.4, -0.2) is 23.7 Å². The Hall–Kier alpha value is 0.0600. The Bertz CT molecular complexity index is 55.7. The number of carbonyl (C=O) groups excluding carboxylic acids is 1. The van der Waals surface area contributed by atoms with Crippen molar-refractivity contribution in [2.75, 3.05) is 6.61 Å². The summed E-state index contributed by atoms with van der Waals surface area (Å²) in [5, 5.41) is 8.29. The Balaban J connectivity index is 2.98. The van der Waals surface area contributed by atoms with E-state index in [2.05, 4.69) is 9.24 Å². The smallest absolute Gasteiger partial charge is 0.120 e. The minimum atomic E-state index is 0.0532. The van der Waals surface area contributed by atoms with Crippen LogP contribution in [-0.2, 0) is 4.79 Å². The highest BCUT2D eigenvalue weighted by molar-refractivity contribution is 7.17. The van der Waals surface area contributed by atoms with E-state index in [1.165, 1.54) is 0 Å². The molecule has 0 amide bonds. The summed E-state index contributed by atoms with van der Waals surface area (Å²) in [5.74, 6) is 0. The van der Waals surface area contributed by atoms with Gasteiger partial charge in [0, 0.05) is 18.7 Å². The maximum atomic E-state index is 9.65. The summed E-state index contributed by atoms with van der Waals surface area (Å²) in [7, 11) is 2.37. The third-order valence-corrected chi connectivity index (χ3v) is 1.12. The third kappa shape index (κ3) is 3.90. The lowest BCUT2D eigenvalue weighted by atomic mass is 10.3. The van der Waals surface area contributed by atoms with Gasteiger partial charge < -0.3 is 9.90 Å². The van der Waals surface area contributed by atoms with Crippen LogP contribution in [0.4, 0.5) is 0 Å². The molecule has 0 radical (unpaired) electrons. The summed E-state index contributed by atoms with van der Waals surface area (Å²) in [4.78, 5) is 9.65. The van der Waals surface area contributed by atoms with Crippen molar-refractivity contribution < 1.29 is 9.90 Å². The number of aliphatic hydroxyl groups excluding tert-OH is 1. The summed E-state index contributed by atoms with van der Waals surface area (Å²) < 4.78 is 0. The van der Waals surface area contributed by atoms with Crippen molar-refractivity contribution in [3.63, 3.8) is 0 Å². The molecule has 0 saturated heterocycles. The molecule has 0 saturated carbocycles. The van der Waals surface area contributed by atoms with Gasteiger partial charge in [0.05, 0.1) is 0 Å². The summed E-state index contributed by atoms with van der Waals surface area (Å²) in [5.41, 5.74) is 0.0532. The predicted molar refractivity (Wildman–Crippen MR) is 31.3 cm³/mol. The molecule has 7 heavy (non-hydrogen) atoms. The maximum absolute atomic E-state index is 9.65. The van der Waals surface area contributed by atoms with E-state index >= 15 is 0 Å². The highest BCUT2D eigenvalue weighted by Crippen LogP contribution is 1.99. The van der Waals surface area contributed by atoms with Crippen LogP contribution in [0.2, 0.25) is 0 Å². The normalized spacial score (nSPS) is 13.4. The fourth-order valence-electron chi connectivity index (χ4n) is 0.198. The zero-order valence-electron chi connectivity index (χ0n) is 4.00. The summed E-state index contributed by atoms with van der Waals surface area (Å²) in [6.07, 6.45) is 1.23. The Labute approximate surface area is 45.1 Å². The molecule has 0 heterocycles. The van der Waals surface area contributed by atoms with Crippen LogP contribution in [0.25, 0.3) is 0 Å². The van der Waals surface area contributed by atoms with Crippen LogP contribution in [0.15, 0.2) is 0 Å². The molecule has 0 aliphatic heterocycles. The number of aldehydes is 1. The van der Waals surface area contributed by atoms with Gasteiger partial charge in [-0.1, -0.05) is 0 Å². The minimum absolute atomic E-state index is 0.0532. The highest BCUT2D eigenvalue weighted by atomic mass is 31.0. The molecule has 42 valence electrons. The molecule has 0 aliphatic carbocycles. The van der Waals surface area contributed by atoms with Gasteiger partial charge in [0.25, 0.3) is 0 Å². The molecule has 0 bridgehead atoms. The standard InChI is InChI=1S/C4H9O2P/c5-2-1-4(7)3-6/h2,4,6H,1,3,7H2. The van der Waals surface area contributed by atoms with E-state index in [-0.39, 0.29) is 12.3 Å². The molecule has 0 aromatic rings. The van der Waals surface area contributed by atoms with Crippen molar-refractivity contribution in [2.45, 2.75) is 12.1 Å². The topological polar surface area (TPSA) is 37.3 Å². The van der Waals surface area contributed by atoms with E-state index in [9.17, 15) is 4.79 Å². The molecule has 1 N–H and O–H groups in total. The second kappa shape index (κ2) is 4.23. The number of carbonyl (C=O) groups is 1. The summed E-state index contributed by atoms with van der Waals surface area (Å²) >= 11 is 0. The Morgan fingerprint density at radius 3 is 2.57 bits per heavy atom. The van der Waals surface area contributed by atoms with Gasteiger partial charge in [-0.3, -0.25) is 0 Å². The molecular weight excluding hydrogens is 111 g/mol.